The quantitative estimate of drug-likeness (QED) is 0.553. The number of amides is 2. The molecule has 0 aliphatic rings. The molecule has 0 aliphatic heterocycles. The number of halogens is 1. The summed E-state index contributed by atoms with van der Waals surface area (Å²) in [5.41, 5.74) is 1.33. The molecule has 0 fully saturated rings. The van der Waals surface area contributed by atoms with Crippen LogP contribution in [0.3, 0.4) is 0 Å². The lowest BCUT2D eigenvalue weighted by atomic mass is 10.2. The minimum absolute atomic E-state index is 0.0598. The largest absolute Gasteiger partial charge is 0.339 e. The van der Waals surface area contributed by atoms with E-state index in [-0.39, 0.29) is 17.0 Å². The molecule has 0 saturated heterocycles. The molecule has 0 aliphatic carbocycles. The number of thioether (sulfide) groups is 1. The average molecular weight is 428 g/mol. The van der Waals surface area contributed by atoms with Gasteiger partial charge in [-0.3, -0.25) is 9.59 Å². The molecule has 1 heterocycles. The number of anilines is 1. The van der Waals surface area contributed by atoms with E-state index >= 15 is 0 Å². The van der Waals surface area contributed by atoms with Gasteiger partial charge in [0.15, 0.2) is 0 Å². The summed E-state index contributed by atoms with van der Waals surface area (Å²) in [5, 5.41) is 6.65. The van der Waals surface area contributed by atoms with Crippen LogP contribution >= 0.6 is 11.8 Å². The smallest absolute Gasteiger partial charge is 0.285 e. The first-order valence-corrected chi connectivity index (χ1v) is 10.1. The highest BCUT2D eigenvalue weighted by atomic mass is 32.2. The molecule has 0 saturated carbocycles. The van der Waals surface area contributed by atoms with E-state index in [0.29, 0.717) is 42.2 Å². The van der Waals surface area contributed by atoms with Crippen molar-refractivity contribution in [2.75, 3.05) is 19.4 Å². The van der Waals surface area contributed by atoms with Crippen molar-refractivity contribution in [2.45, 2.75) is 24.2 Å². The zero-order valence-corrected chi connectivity index (χ0v) is 17.4. The zero-order chi connectivity index (χ0) is 21.5. The molecule has 0 atom stereocenters. The Balaban J connectivity index is 1.44. The molecule has 0 spiro atoms. The van der Waals surface area contributed by atoms with Gasteiger partial charge in [-0.15, -0.1) is 0 Å². The van der Waals surface area contributed by atoms with Crippen molar-refractivity contribution < 1.29 is 18.5 Å². The molecular formula is C21H21FN4O3S. The summed E-state index contributed by atoms with van der Waals surface area (Å²) in [5.74, 6) is 0.358. The lowest BCUT2D eigenvalue weighted by molar-refractivity contribution is -0.116. The molecule has 0 radical (unpaired) electrons. The normalized spacial score (nSPS) is 10.6. The van der Waals surface area contributed by atoms with Crippen LogP contribution in [0.4, 0.5) is 14.9 Å². The maximum atomic E-state index is 13.0. The molecule has 0 unspecified atom stereocenters. The molecule has 0 bridgehead atoms. The Hall–Kier alpha value is -3.20. The van der Waals surface area contributed by atoms with Gasteiger partial charge in [0.1, 0.15) is 5.82 Å². The van der Waals surface area contributed by atoms with E-state index in [1.807, 2.05) is 0 Å². The molecule has 1 aromatic heterocycles. The van der Waals surface area contributed by atoms with Crippen LogP contribution in [0.5, 0.6) is 0 Å². The lowest BCUT2D eigenvalue weighted by Gasteiger charge is -2.09. The number of nitrogens with zero attached hydrogens (tertiary/aromatic N) is 3. The first kappa shape index (κ1) is 21.5. The molecule has 30 heavy (non-hydrogen) atoms. The summed E-state index contributed by atoms with van der Waals surface area (Å²) in [6.07, 6.45) is 1.30. The van der Waals surface area contributed by atoms with Crippen LogP contribution in [0.25, 0.3) is 11.4 Å². The fourth-order valence-corrected chi connectivity index (χ4v) is 3.15. The highest BCUT2D eigenvalue weighted by Gasteiger charge is 2.11. The third-order valence-corrected chi connectivity index (χ3v) is 5.12. The van der Waals surface area contributed by atoms with Gasteiger partial charge in [-0.1, -0.05) is 5.16 Å². The SMILES string of the molecule is CN(C)C(=O)Sc1ccc(NC(=O)CCCc2nc(-c3ccc(F)cc3)no2)cc1. The topological polar surface area (TPSA) is 88.3 Å². The summed E-state index contributed by atoms with van der Waals surface area (Å²) in [4.78, 5) is 30.4. The number of aromatic nitrogens is 2. The molecule has 9 heteroatoms. The Morgan fingerprint density at radius 3 is 2.47 bits per heavy atom. The van der Waals surface area contributed by atoms with Crippen molar-refractivity contribution in [2.24, 2.45) is 0 Å². The third kappa shape index (κ3) is 6.15. The van der Waals surface area contributed by atoms with Crippen molar-refractivity contribution in [3.05, 3.63) is 60.2 Å². The second kappa shape index (κ2) is 10.0. The molecule has 2 amide bonds. The molecular weight excluding hydrogens is 407 g/mol. The fourth-order valence-electron chi connectivity index (χ4n) is 2.49. The Morgan fingerprint density at radius 2 is 1.80 bits per heavy atom. The van der Waals surface area contributed by atoms with Gasteiger partial charge < -0.3 is 14.7 Å². The minimum atomic E-state index is -0.330. The Bertz CT molecular complexity index is 1000. The monoisotopic (exact) mass is 428 g/mol. The van der Waals surface area contributed by atoms with E-state index in [2.05, 4.69) is 15.5 Å². The van der Waals surface area contributed by atoms with Crippen LogP contribution in [0.1, 0.15) is 18.7 Å². The van der Waals surface area contributed by atoms with Crippen LogP contribution in [0.15, 0.2) is 57.9 Å². The molecule has 156 valence electrons. The van der Waals surface area contributed by atoms with E-state index in [1.165, 1.54) is 17.0 Å². The van der Waals surface area contributed by atoms with Crippen LogP contribution in [-0.2, 0) is 11.2 Å². The van der Waals surface area contributed by atoms with Crippen LogP contribution in [0, 0.1) is 5.82 Å². The van der Waals surface area contributed by atoms with E-state index in [9.17, 15) is 14.0 Å². The second-order valence-corrected chi connectivity index (χ2v) is 7.73. The summed E-state index contributed by atoms with van der Waals surface area (Å²) >= 11 is 1.12. The Labute approximate surface area is 177 Å². The molecule has 1 N–H and O–H groups in total. The third-order valence-electron chi connectivity index (χ3n) is 4.07. The first-order valence-electron chi connectivity index (χ1n) is 9.28. The zero-order valence-electron chi connectivity index (χ0n) is 16.6. The van der Waals surface area contributed by atoms with Crippen LogP contribution in [0.2, 0.25) is 0 Å². The molecule has 3 aromatic rings. The number of carbonyl (C=O) groups excluding carboxylic acids is 2. The van der Waals surface area contributed by atoms with Gasteiger partial charge in [0, 0.05) is 43.1 Å². The van der Waals surface area contributed by atoms with Crippen molar-refractivity contribution in [1.29, 1.82) is 0 Å². The lowest BCUT2D eigenvalue weighted by Crippen LogP contribution is -2.16. The van der Waals surface area contributed by atoms with Crippen molar-refractivity contribution in [1.82, 2.24) is 15.0 Å². The highest BCUT2D eigenvalue weighted by Crippen LogP contribution is 2.22. The van der Waals surface area contributed by atoms with Gasteiger partial charge in [0.2, 0.25) is 17.6 Å². The Morgan fingerprint density at radius 1 is 1.10 bits per heavy atom. The summed E-state index contributed by atoms with van der Waals surface area (Å²) in [6, 6.07) is 12.9. The van der Waals surface area contributed by atoms with Gasteiger partial charge in [0.25, 0.3) is 5.24 Å². The minimum Gasteiger partial charge on any atom is -0.339 e. The summed E-state index contributed by atoms with van der Waals surface area (Å²) in [6.45, 7) is 0. The number of carbonyl (C=O) groups is 2. The predicted molar refractivity (Wildman–Crippen MR) is 113 cm³/mol. The predicted octanol–water partition coefficient (Wildman–Crippen LogP) is 4.61. The van der Waals surface area contributed by atoms with Gasteiger partial charge in [-0.25, -0.2) is 4.39 Å². The average Bonchev–Trinajstić information content (AvgIpc) is 3.19. The second-order valence-electron chi connectivity index (χ2n) is 6.71. The van der Waals surface area contributed by atoms with Crippen molar-refractivity contribution in [3.63, 3.8) is 0 Å². The first-order chi connectivity index (χ1) is 14.4. The maximum Gasteiger partial charge on any atom is 0.285 e. The van der Waals surface area contributed by atoms with Crippen molar-refractivity contribution in [3.8, 4) is 11.4 Å². The standard InChI is InChI=1S/C21H21FN4O3S/c1-26(2)21(28)30-17-12-10-16(11-13-17)23-18(27)4-3-5-19-24-20(25-29-19)14-6-8-15(22)9-7-14/h6-13H,3-5H2,1-2H3,(H,23,27). The molecule has 2 aromatic carbocycles. The summed E-state index contributed by atoms with van der Waals surface area (Å²) < 4.78 is 18.2. The number of aryl methyl sites for hydroxylation is 1. The number of hydrogen-bond acceptors (Lipinski definition) is 6. The van der Waals surface area contributed by atoms with Gasteiger partial charge in [-0.2, -0.15) is 4.98 Å². The molecule has 3 rings (SSSR count). The molecule has 7 nitrogen and oxygen atoms in total. The number of rotatable bonds is 7. The summed E-state index contributed by atoms with van der Waals surface area (Å²) in [7, 11) is 3.39. The van der Waals surface area contributed by atoms with Crippen LogP contribution in [-0.4, -0.2) is 40.3 Å². The Kier molecular flexibility index (Phi) is 7.18. The van der Waals surface area contributed by atoms with E-state index < -0.39 is 0 Å². The van der Waals surface area contributed by atoms with Crippen molar-refractivity contribution >= 4 is 28.6 Å². The highest BCUT2D eigenvalue weighted by molar-refractivity contribution is 8.13. The number of nitrogens with one attached hydrogen (secondary N) is 1. The number of hydrogen-bond donors (Lipinski definition) is 1. The van der Waals surface area contributed by atoms with Gasteiger partial charge in [0.05, 0.1) is 0 Å². The van der Waals surface area contributed by atoms with E-state index in [1.54, 1.807) is 50.5 Å². The van der Waals surface area contributed by atoms with Gasteiger partial charge >= 0.3 is 0 Å². The van der Waals surface area contributed by atoms with Crippen LogP contribution < -0.4 is 5.32 Å². The fraction of sp³-hybridized carbons (Fsp3) is 0.238. The van der Waals surface area contributed by atoms with E-state index in [4.69, 9.17) is 4.52 Å². The van der Waals surface area contributed by atoms with E-state index in [0.717, 1.165) is 16.7 Å². The maximum absolute atomic E-state index is 13.0. The number of benzene rings is 2. The van der Waals surface area contributed by atoms with Gasteiger partial charge in [-0.05, 0) is 66.7 Å².